The Hall–Kier alpha value is -1.95. The Kier molecular flexibility index (Phi) is 3.29. The van der Waals surface area contributed by atoms with Crippen LogP contribution >= 0.6 is 0 Å². The van der Waals surface area contributed by atoms with E-state index in [2.05, 4.69) is 9.71 Å². The van der Waals surface area contributed by atoms with Gasteiger partial charge in [-0.15, -0.1) is 0 Å². The van der Waals surface area contributed by atoms with Crippen molar-refractivity contribution >= 4 is 15.7 Å². The molecule has 0 spiro atoms. The molecule has 0 aliphatic heterocycles. The zero-order chi connectivity index (χ0) is 13.2. The molecular formula is C12H11FN2O2S. The summed E-state index contributed by atoms with van der Waals surface area (Å²) in [6, 6.07) is 8.39. The number of hydrogen-bond donors (Lipinski definition) is 1. The third kappa shape index (κ3) is 2.48. The first-order valence-electron chi connectivity index (χ1n) is 5.20. The van der Waals surface area contributed by atoms with Crippen LogP contribution in [0.1, 0.15) is 5.69 Å². The molecule has 0 aliphatic carbocycles. The smallest absolute Gasteiger partial charge is 0.264 e. The van der Waals surface area contributed by atoms with E-state index in [1.54, 1.807) is 25.3 Å². The van der Waals surface area contributed by atoms with Gasteiger partial charge in [0.05, 0.1) is 11.4 Å². The average molecular weight is 266 g/mol. The Labute approximate surface area is 105 Å². The van der Waals surface area contributed by atoms with Crippen molar-refractivity contribution in [3.05, 3.63) is 54.1 Å². The van der Waals surface area contributed by atoms with Crippen LogP contribution in [-0.2, 0) is 10.0 Å². The summed E-state index contributed by atoms with van der Waals surface area (Å²) in [5.41, 5.74) is 0.859. The van der Waals surface area contributed by atoms with Crippen molar-refractivity contribution in [2.75, 3.05) is 4.72 Å². The molecule has 0 saturated carbocycles. The molecule has 2 aromatic rings. The van der Waals surface area contributed by atoms with Gasteiger partial charge in [-0.25, -0.2) is 12.8 Å². The largest absolute Gasteiger partial charge is 0.278 e. The summed E-state index contributed by atoms with van der Waals surface area (Å²) in [7, 11) is -3.93. The minimum atomic E-state index is -3.93. The lowest BCUT2D eigenvalue weighted by atomic mass is 10.3. The summed E-state index contributed by atoms with van der Waals surface area (Å²) in [4.78, 5) is 3.58. The second kappa shape index (κ2) is 4.73. The zero-order valence-corrected chi connectivity index (χ0v) is 10.4. The van der Waals surface area contributed by atoms with E-state index in [0.717, 1.165) is 6.07 Å². The third-order valence-electron chi connectivity index (χ3n) is 2.38. The number of aryl methyl sites for hydroxylation is 1. The highest BCUT2D eigenvalue weighted by Crippen LogP contribution is 2.19. The number of hydrogen-bond acceptors (Lipinski definition) is 3. The van der Waals surface area contributed by atoms with Crippen LogP contribution in [-0.4, -0.2) is 13.4 Å². The third-order valence-corrected chi connectivity index (χ3v) is 3.78. The number of pyridine rings is 1. The molecule has 4 nitrogen and oxygen atoms in total. The van der Waals surface area contributed by atoms with Gasteiger partial charge in [0.25, 0.3) is 10.0 Å². The maximum Gasteiger partial charge on any atom is 0.264 e. The van der Waals surface area contributed by atoms with Gasteiger partial charge in [0.15, 0.2) is 0 Å². The van der Waals surface area contributed by atoms with Crippen LogP contribution in [0.5, 0.6) is 0 Å². The molecule has 1 N–H and O–H groups in total. The predicted molar refractivity (Wildman–Crippen MR) is 66.2 cm³/mol. The fourth-order valence-corrected chi connectivity index (χ4v) is 2.65. The summed E-state index contributed by atoms with van der Waals surface area (Å²) in [5.74, 6) is -0.786. The number of anilines is 1. The maximum absolute atomic E-state index is 13.5. The number of rotatable bonds is 3. The molecule has 94 valence electrons. The molecule has 0 radical (unpaired) electrons. The van der Waals surface area contributed by atoms with Crippen LogP contribution in [0, 0.1) is 12.7 Å². The van der Waals surface area contributed by atoms with Crippen molar-refractivity contribution in [2.24, 2.45) is 0 Å². The molecule has 6 heteroatoms. The second-order valence-electron chi connectivity index (χ2n) is 3.67. The maximum atomic E-state index is 13.5. The highest BCUT2D eigenvalue weighted by Gasteiger charge is 2.19. The van der Waals surface area contributed by atoms with Gasteiger partial charge in [0.1, 0.15) is 10.7 Å². The van der Waals surface area contributed by atoms with Crippen LogP contribution in [0.4, 0.5) is 10.1 Å². The summed E-state index contributed by atoms with van der Waals surface area (Å²) >= 11 is 0. The van der Waals surface area contributed by atoms with E-state index in [-0.39, 0.29) is 4.90 Å². The van der Waals surface area contributed by atoms with E-state index in [1.165, 1.54) is 18.2 Å². The quantitative estimate of drug-likeness (QED) is 0.927. The van der Waals surface area contributed by atoms with Crippen molar-refractivity contribution in [3.8, 4) is 0 Å². The number of sulfonamides is 1. The van der Waals surface area contributed by atoms with Crippen LogP contribution in [0.3, 0.4) is 0 Å². The van der Waals surface area contributed by atoms with Crippen LogP contribution < -0.4 is 4.72 Å². The van der Waals surface area contributed by atoms with E-state index in [0.29, 0.717) is 11.4 Å². The van der Waals surface area contributed by atoms with E-state index in [9.17, 15) is 12.8 Å². The molecule has 2 rings (SSSR count). The number of aromatic nitrogens is 1. The number of nitrogens with one attached hydrogen (secondary N) is 1. The number of halogens is 1. The lowest BCUT2D eigenvalue weighted by Crippen LogP contribution is -2.15. The molecule has 0 bridgehead atoms. The molecule has 0 fully saturated rings. The second-order valence-corrected chi connectivity index (χ2v) is 5.32. The lowest BCUT2D eigenvalue weighted by molar-refractivity contribution is 0.570. The summed E-state index contributed by atoms with van der Waals surface area (Å²) < 4.78 is 39.8. The fourth-order valence-electron chi connectivity index (χ4n) is 1.45. The molecule has 1 aromatic carbocycles. The Morgan fingerprint density at radius 2 is 1.89 bits per heavy atom. The first-order chi connectivity index (χ1) is 8.50. The van der Waals surface area contributed by atoms with Crippen molar-refractivity contribution < 1.29 is 12.8 Å². The van der Waals surface area contributed by atoms with E-state index < -0.39 is 15.8 Å². The molecule has 0 unspecified atom stereocenters. The molecule has 0 atom stereocenters. The van der Waals surface area contributed by atoms with Gasteiger partial charge in [-0.3, -0.25) is 9.71 Å². The Morgan fingerprint density at radius 1 is 1.17 bits per heavy atom. The Morgan fingerprint density at radius 3 is 2.56 bits per heavy atom. The SMILES string of the molecule is Cc1ncccc1NS(=O)(=O)c1ccccc1F. The minimum Gasteiger partial charge on any atom is -0.278 e. The molecule has 1 aromatic heterocycles. The van der Waals surface area contributed by atoms with Crippen molar-refractivity contribution in [1.82, 2.24) is 4.98 Å². The minimum absolute atomic E-state index is 0.334. The van der Waals surface area contributed by atoms with E-state index in [4.69, 9.17) is 0 Å². The van der Waals surface area contributed by atoms with Gasteiger partial charge in [-0.05, 0) is 31.2 Å². The Balaban J connectivity index is 2.40. The van der Waals surface area contributed by atoms with E-state index >= 15 is 0 Å². The van der Waals surface area contributed by atoms with Crippen molar-refractivity contribution in [2.45, 2.75) is 11.8 Å². The normalized spacial score (nSPS) is 11.2. The molecule has 18 heavy (non-hydrogen) atoms. The standard InChI is InChI=1S/C12H11FN2O2S/c1-9-11(6-4-8-14-9)15-18(16,17)12-7-3-2-5-10(12)13/h2-8,15H,1H3. The van der Waals surface area contributed by atoms with Gasteiger partial charge in [-0.1, -0.05) is 12.1 Å². The van der Waals surface area contributed by atoms with Crippen molar-refractivity contribution in [1.29, 1.82) is 0 Å². The van der Waals surface area contributed by atoms with Gasteiger partial charge >= 0.3 is 0 Å². The van der Waals surface area contributed by atoms with Gasteiger partial charge in [-0.2, -0.15) is 0 Å². The number of benzene rings is 1. The number of nitrogens with zero attached hydrogens (tertiary/aromatic N) is 1. The first-order valence-corrected chi connectivity index (χ1v) is 6.68. The monoisotopic (exact) mass is 266 g/mol. The zero-order valence-electron chi connectivity index (χ0n) is 9.59. The molecule has 0 aliphatic rings. The topological polar surface area (TPSA) is 59.1 Å². The van der Waals surface area contributed by atoms with Crippen LogP contribution in [0.15, 0.2) is 47.5 Å². The van der Waals surface area contributed by atoms with Gasteiger partial charge in [0.2, 0.25) is 0 Å². The van der Waals surface area contributed by atoms with Crippen LogP contribution in [0.2, 0.25) is 0 Å². The Bertz CT molecular complexity index is 671. The lowest BCUT2D eigenvalue weighted by Gasteiger charge is -2.10. The van der Waals surface area contributed by atoms with Gasteiger partial charge in [0, 0.05) is 6.20 Å². The highest BCUT2D eigenvalue weighted by atomic mass is 32.2. The summed E-state index contributed by atoms with van der Waals surface area (Å²) in [6.45, 7) is 1.67. The molecular weight excluding hydrogens is 255 g/mol. The predicted octanol–water partition coefficient (Wildman–Crippen LogP) is 2.33. The highest BCUT2D eigenvalue weighted by molar-refractivity contribution is 7.92. The molecule has 0 saturated heterocycles. The first kappa shape index (κ1) is 12.5. The average Bonchev–Trinajstić information content (AvgIpc) is 2.32. The van der Waals surface area contributed by atoms with Crippen molar-refractivity contribution in [3.63, 3.8) is 0 Å². The summed E-state index contributed by atoms with van der Waals surface area (Å²) in [5, 5.41) is 0. The molecule has 0 amide bonds. The van der Waals surface area contributed by atoms with Crippen LogP contribution in [0.25, 0.3) is 0 Å². The van der Waals surface area contributed by atoms with E-state index in [1.807, 2.05) is 0 Å². The van der Waals surface area contributed by atoms with Gasteiger partial charge < -0.3 is 0 Å². The summed E-state index contributed by atoms with van der Waals surface area (Å²) in [6.07, 6.45) is 1.55. The molecule has 1 heterocycles. The fraction of sp³-hybridized carbons (Fsp3) is 0.0833.